The molecule has 0 rings (SSSR count). The highest BCUT2D eigenvalue weighted by atomic mass is 127. The number of nitrogens with one attached hydrogen (secondary N) is 3. The molecule has 0 aliphatic carbocycles. The number of carbonyl (C=O) groups is 1. The van der Waals surface area contributed by atoms with Crippen molar-refractivity contribution in [3.8, 4) is 0 Å². The summed E-state index contributed by atoms with van der Waals surface area (Å²) in [6.07, 6.45) is 0. The number of hydrogen-bond donors (Lipinski definition) is 3. The summed E-state index contributed by atoms with van der Waals surface area (Å²) < 4.78 is 10.0. The maximum absolute atomic E-state index is 11.4. The highest BCUT2D eigenvalue weighted by Crippen LogP contribution is 1.73. The van der Waals surface area contributed by atoms with Crippen LogP contribution in [0.4, 0.5) is 0 Å². The minimum absolute atomic E-state index is 0. The lowest BCUT2D eigenvalue weighted by molar-refractivity contribution is -0.120. The van der Waals surface area contributed by atoms with Crippen LogP contribution in [0.2, 0.25) is 0 Å². The van der Waals surface area contributed by atoms with E-state index in [1.807, 2.05) is 6.92 Å². The molecule has 8 heteroatoms. The maximum Gasteiger partial charge on any atom is 0.239 e. The van der Waals surface area contributed by atoms with Gasteiger partial charge in [0.05, 0.1) is 19.8 Å². The molecule has 0 aromatic carbocycles. The van der Waals surface area contributed by atoms with Crippen LogP contribution in [0.25, 0.3) is 0 Å². The van der Waals surface area contributed by atoms with Crippen molar-refractivity contribution in [2.24, 2.45) is 4.99 Å². The standard InChI is InChI=1S/C11H24N4O3.HI/c1-4-18-8-6-14-11(12-2)15-9-10(16)13-5-7-17-3;/h4-9H2,1-3H3,(H,13,16)(H2,12,14,15);1H. The minimum atomic E-state index is -0.0974. The quantitative estimate of drug-likeness (QED) is 0.216. The number of aliphatic imine (C=N–C) groups is 1. The molecule has 0 bridgehead atoms. The molecule has 0 aliphatic heterocycles. The summed E-state index contributed by atoms with van der Waals surface area (Å²) in [6.45, 7) is 5.08. The zero-order chi connectivity index (χ0) is 13.6. The molecule has 0 heterocycles. The van der Waals surface area contributed by atoms with Gasteiger partial charge in [-0.05, 0) is 6.92 Å². The van der Waals surface area contributed by atoms with Crippen molar-refractivity contribution in [2.75, 3.05) is 53.6 Å². The molecule has 3 N–H and O–H groups in total. The first kappa shape index (κ1) is 20.7. The molecule has 0 radical (unpaired) electrons. The Labute approximate surface area is 131 Å². The van der Waals surface area contributed by atoms with E-state index in [2.05, 4.69) is 20.9 Å². The Morgan fingerprint density at radius 3 is 2.42 bits per heavy atom. The summed E-state index contributed by atoms with van der Waals surface area (Å²) in [6, 6.07) is 0. The van der Waals surface area contributed by atoms with Gasteiger partial charge in [0.2, 0.25) is 5.91 Å². The van der Waals surface area contributed by atoms with Crippen molar-refractivity contribution in [3.05, 3.63) is 0 Å². The second-order valence-electron chi connectivity index (χ2n) is 3.39. The molecule has 0 saturated heterocycles. The average molecular weight is 388 g/mol. The molecule has 0 unspecified atom stereocenters. The summed E-state index contributed by atoms with van der Waals surface area (Å²) in [5, 5.41) is 8.65. The maximum atomic E-state index is 11.4. The van der Waals surface area contributed by atoms with Crippen LogP contribution in [-0.2, 0) is 14.3 Å². The van der Waals surface area contributed by atoms with E-state index < -0.39 is 0 Å². The molecule has 114 valence electrons. The van der Waals surface area contributed by atoms with Gasteiger partial charge < -0.3 is 25.4 Å². The number of ether oxygens (including phenoxy) is 2. The molecule has 0 saturated carbocycles. The number of nitrogens with zero attached hydrogens (tertiary/aromatic N) is 1. The fourth-order valence-corrected chi connectivity index (χ4v) is 1.13. The molecule has 19 heavy (non-hydrogen) atoms. The van der Waals surface area contributed by atoms with Gasteiger partial charge in [-0.2, -0.15) is 0 Å². The summed E-state index contributed by atoms with van der Waals surface area (Å²) in [5.41, 5.74) is 0. The highest BCUT2D eigenvalue weighted by molar-refractivity contribution is 14.0. The minimum Gasteiger partial charge on any atom is -0.383 e. The predicted octanol–water partition coefficient (Wildman–Crippen LogP) is -0.431. The molecule has 0 aromatic heterocycles. The number of halogens is 1. The van der Waals surface area contributed by atoms with E-state index in [0.717, 1.165) is 0 Å². The van der Waals surface area contributed by atoms with Gasteiger partial charge in [-0.3, -0.25) is 9.79 Å². The van der Waals surface area contributed by atoms with Crippen LogP contribution >= 0.6 is 24.0 Å². The van der Waals surface area contributed by atoms with Gasteiger partial charge in [0.15, 0.2) is 5.96 Å². The van der Waals surface area contributed by atoms with E-state index in [1.165, 1.54) is 0 Å². The second kappa shape index (κ2) is 15.4. The summed E-state index contributed by atoms with van der Waals surface area (Å²) in [4.78, 5) is 15.4. The topological polar surface area (TPSA) is 84.0 Å². The molecule has 0 fully saturated rings. The van der Waals surface area contributed by atoms with E-state index in [-0.39, 0.29) is 36.4 Å². The van der Waals surface area contributed by atoms with E-state index in [9.17, 15) is 4.79 Å². The SMILES string of the molecule is CCOCCNC(=NC)NCC(=O)NCCOC.I. The smallest absolute Gasteiger partial charge is 0.239 e. The summed E-state index contributed by atoms with van der Waals surface area (Å²) in [5.74, 6) is 0.483. The van der Waals surface area contributed by atoms with Crippen LogP contribution in [0.3, 0.4) is 0 Å². The van der Waals surface area contributed by atoms with Gasteiger partial charge in [-0.1, -0.05) is 0 Å². The molecular weight excluding hydrogens is 363 g/mol. The zero-order valence-electron chi connectivity index (χ0n) is 11.8. The zero-order valence-corrected chi connectivity index (χ0v) is 14.2. The van der Waals surface area contributed by atoms with Crippen molar-refractivity contribution in [2.45, 2.75) is 6.92 Å². The van der Waals surface area contributed by atoms with Crippen molar-refractivity contribution in [3.63, 3.8) is 0 Å². The van der Waals surface area contributed by atoms with Crippen molar-refractivity contribution >= 4 is 35.8 Å². The third kappa shape index (κ3) is 13.6. The third-order valence-electron chi connectivity index (χ3n) is 2.01. The first-order valence-electron chi connectivity index (χ1n) is 6.02. The van der Waals surface area contributed by atoms with Crippen LogP contribution in [0.5, 0.6) is 0 Å². The van der Waals surface area contributed by atoms with Gasteiger partial charge in [0, 0.05) is 33.9 Å². The first-order chi connectivity index (χ1) is 8.74. The number of amides is 1. The molecule has 0 aromatic rings. The predicted molar refractivity (Wildman–Crippen MR) is 86.2 cm³/mol. The Morgan fingerprint density at radius 1 is 1.16 bits per heavy atom. The average Bonchev–Trinajstić information content (AvgIpc) is 2.38. The van der Waals surface area contributed by atoms with Crippen molar-refractivity contribution in [1.82, 2.24) is 16.0 Å². The molecule has 0 aliphatic rings. The molecule has 7 nitrogen and oxygen atoms in total. The lowest BCUT2D eigenvalue weighted by atomic mass is 10.5. The van der Waals surface area contributed by atoms with Gasteiger partial charge in [0.25, 0.3) is 0 Å². The highest BCUT2D eigenvalue weighted by Gasteiger charge is 2.02. The van der Waals surface area contributed by atoms with E-state index in [0.29, 0.717) is 38.9 Å². The Hall–Kier alpha value is -0.610. The molecular formula is C11H25IN4O3. The number of rotatable bonds is 9. The number of guanidine groups is 1. The Kier molecular flexibility index (Phi) is 16.8. The largest absolute Gasteiger partial charge is 0.383 e. The third-order valence-corrected chi connectivity index (χ3v) is 2.01. The summed E-state index contributed by atoms with van der Waals surface area (Å²) >= 11 is 0. The lowest BCUT2D eigenvalue weighted by Gasteiger charge is -2.11. The van der Waals surface area contributed by atoms with Crippen LogP contribution in [0.1, 0.15) is 6.92 Å². The second-order valence-corrected chi connectivity index (χ2v) is 3.39. The lowest BCUT2D eigenvalue weighted by Crippen LogP contribution is -2.44. The van der Waals surface area contributed by atoms with E-state index in [4.69, 9.17) is 9.47 Å². The number of hydrogen-bond acceptors (Lipinski definition) is 4. The van der Waals surface area contributed by atoms with Gasteiger partial charge >= 0.3 is 0 Å². The fraction of sp³-hybridized carbons (Fsp3) is 0.818. The van der Waals surface area contributed by atoms with Crippen molar-refractivity contribution < 1.29 is 14.3 Å². The van der Waals surface area contributed by atoms with E-state index in [1.54, 1.807) is 14.2 Å². The molecule has 0 spiro atoms. The van der Waals surface area contributed by atoms with Gasteiger partial charge in [0.1, 0.15) is 0 Å². The van der Waals surface area contributed by atoms with Gasteiger partial charge in [-0.25, -0.2) is 0 Å². The summed E-state index contributed by atoms with van der Waals surface area (Å²) in [7, 11) is 3.24. The van der Waals surface area contributed by atoms with Gasteiger partial charge in [-0.15, -0.1) is 24.0 Å². The molecule has 0 atom stereocenters. The molecule has 1 amide bonds. The Bertz CT molecular complexity index is 252. The Morgan fingerprint density at radius 2 is 1.84 bits per heavy atom. The van der Waals surface area contributed by atoms with E-state index >= 15 is 0 Å². The van der Waals surface area contributed by atoms with Crippen LogP contribution in [0.15, 0.2) is 4.99 Å². The number of methoxy groups -OCH3 is 1. The van der Waals surface area contributed by atoms with Crippen LogP contribution in [-0.4, -0.2) is 65.5 Å². The normalized spacial score (nSPS) is 10.6. The fourth-order valence-electron chi connectivity index (χ4n) is 1.13. The number of carbonyl (C=O) groups excluding carboxylic acids is 1. The van der Waals surface area contributed by atoms with Crippen LogP contribution in [0, 0.1) is 0 Å². The van der Waals surface area contributed by atoms with Crippen molar-refractivity contribution in [1.29, 1.82) is 0 Å². The monoisotopic (exact) mass is 388 g/mol. The first-order valence-corrected chi connectivity index (χ1v) is 6.02. The Balaban J connectivity index is 0. The van der Waals surface area contributed by atoms with Crippen LogP contribution < -0.4 is 16.0 Å².